The summed E-state index contributed by atoms with van der Waals surface area (Å²) < 4.78 is 7.19. The van der Waals surface area contributed by atoms with Gasteiger partial charge < -0.3 is 10.5 Å². The number of thiazole rings is 1. The zero-order chi connectivity index (χ0) is 14.1. The van der Waals surface area contributed by atoms with Gasteiger partial charge in [0.05, 0.1) is 11.4 Å². The van der Waals surface area contributed by atoms with Crippen molar-refractivity contribution in [2.45, 2.75) is 13.5 Å². The van der Waals surface area contributed by atoms with Crippen molar-refractivity contribution in [3.05, 3.63) is 57.5 Å². The number of aromatic nitrogens is 2. The lowest BCUT2D eigenvalue weighted by Gasteiger charge is -2.08. The zero-order valence-electron chi connectivity index (χ0n) is 10.9. The van der Waals surface area contributed by atoms with Crippen LogP contribution in [0.1, 0.15) is 11.4 Å². The van der Waals surface area contributed by atoms with Crippen molar-refractivity contribution in [1.82, 2.24) is 9.38 Å². The van der Waals surface area contributed by atoms with E-state index >= 15 is 0 Å². The number of ether oxygens (including phenoxy) is 1. The Hall–Kier alpha value is -2.34. The third kappa shape index (κ3) is 2.25. The van der Waals surface area contributed by atoms with Crippen LogP contribution in [0.5, 0.6) is 5.75 Å². The van der Waals surface area contributed by atoms with Gasteiger partial charge in [-0.3, -0.25) is 9.20 Å². The number of benzene rings is 1. The maximum Gasteiger partial charge on any atom is 0.259 e. The van der Waals surface area contributed by atoms with E-state index in [2.05, 4.69) is 4.98 Å². The van der Waals surface area contributed by atoms with Gasteiger partial charge in [-0.15, -0.1) is 11.3 Å². The van der Waals surface area contributed by atoms with E-state index in [1.165, 1.54) is 17.4 Å². The number of nitrogen functional groups attached to an aromatic ring is 1. The maximum atomic E-state index is 12.0. The minimum Gasteiger partial charge on any atom is -0.485 e. The fourth-order valence-corrected chi connectivity index (χ4v) is 2.83. The minimum absolute atomic E-state index is 0.0895. The van der Waals surface area contributed by atoms with E-state index in [1.807, 2.05) is 24.4 Å². The van der Waals surface area contributed by atoms with Gasteiger partial charge >= 0.3 is 0 Å². The van der Waals surface area contributed by atoms with Gasteiger partial charge in [-0.1, -0.05) is 12.1 Å². The fraction of sp³-hybridized carbons (Fsp3) is 0.143. The Labute approximate surface area is 119 Å². The molecule has 5 nitrogen and oxygen atoms in total. The number of nitrogens with two attached hydrogens (primary N) is 1. The standard InChI is InChI=1S/C14H13N3O2S/c1-9-8-20-14-16-10(6-13(18)17(9)14)7-19-12-5-3-2-4-11(12)15/h2-6,8H,7,15H2,1H3. The molecule has 0 unspecified atom stereocenters. The Bertz CT molecular complexity index is 823. The van der Waals surface area contributed by atoms with Crippen molar-refractivity contribution in [1.29, 1.82) is 0 Å². The molecule has 0 spiro atoms. The van der Waals surface area contributed by atoms with Gasteiger partial charge in [-0.25, -0.2) is 4.98 Å². The first kappa shape index (κ1) is 12.7. The molecule has 20 heavy (non-hydrogen) atoms. The topological polar surface area (TPSA) is 69.6 Å². The van der Waals surface area contributed by atoms with Crippen molar-refractivity contribution in [2.75, 3.05) is 5.73 Å². The highest BCUT2D eigenvalue weighted by Crippen LogP contribution is 2.21. The lowest BCUT2D eigenvalue weighted by molar-refractivity contribution is 0.303. The molecule has 6 heteroatoms. The highest BCUT2D eigenvalue weighted by atomic mass is 32.1. The first-order chi connectivity index (χ1) is 9.65. The zero-order valence-corrected chi connectivity index (χ0v) is 11.7. The summed E-state index contributed by atoms with van der Waals surface area (Å²) in [6.45, 7) is 2.10. The van der Waals surface area contributed by atoms with Crippen LogP contribution in [-0.4, -0.2) is 9.38 Å². The van der Waals surface area contributed by atoms with Gasteiger partial charge in [-0.05, 0) is 19.1 Å². The van der Waals surface area contributed by atoms with Crippen molar-refractivity contribution in [3.63, 3.8) is 0 Å². The van der Waals surface area contributed by atoms with Crippen molar-refractivity contribution in [2.24, 2.45) is 0 Å². The molecule has 2 N–H and O–H groups in total. The van der Waals surface area contributed by atoms with Gasteiger partial charge in [-0.2, -0.15) is 0 Å². The van der Waals surface area contributed by atoms with Gasteiger partial charge in [0.25, 0.3) is 5.56 Å². The van der Waals surface area contributed by atoms with Gasteiger partial charge in [0.1, 0.15) is 12.4 Å². The first-order valence-electron chi connectivity index (χ1n) is 6.09. The van der Waals surface area contributed by atoms with Crippen LogP contribution in [0.2, 0.25) is 0 Å². The number of nitrogens with zero attached hydrogens (tertiary/aromatic N) is 2. The average Bonchev–Trinajstić information content (AvgIpc) is 2.80. The van der Waals surface area contributed by atoms with Crippen LogP contribution in [0.3, 0.4) is 0 Å². The van der Waals surface area contributed by atoms with Gasteiger partial charge in [0.2, 0.25) is 0 Å². The first-order valence-corrected chi connectivity index (χ1v) is 6.97. The number of fused-ring (bicyclic) bond motifs is 1. The largest absolute Gasteiger partial charge is 0.485 e. The second-order valence-electron chi connectivity index (χ2n) is 4.41. The summed E-state index contributed by atoms with van der Waals surface area (Å²) in [5.74, 6) is 0.594. The fourth-order valence-electron chi connectivity index (χ4n) is 1.94. The SMILES string of the molecule is Cc1csc2nc(COc3ccccc3N)cc(=O)n12. The van der Waals surface area contributed by atoms with E-state index in [4.69, 9.17) is 10.5 Å². The van der Waals surface area contributed by atoms with E-state index < -0.39 is 0 Å². The average molecular weight is 287 g/mol. The summed E-state index contributed by atoms with van der Waals surface area (Å²) in [6, 6.07) is 8.73. The van der Waals surface area contributed by atoms with Crippen molar-refractivity contribution >= 4 is 22.0 Å². The summed E-state index contributed by atoms with van der Waals surface area (Å²) in [5.41, 5.74) is 7.77. The summed E-state index contributed by atoms with van der Waals surface area (Å²) in [5, 5.41) is 1.91. The molecule has 0 atom stereocenters. The molecule has 0 radical (unpaired) electrons. The smallest absolute Gasteiger partial charge is 0.259 e. The molecular formula is C14H13N3O2S. The van der Waals surface area contributed by atoms with Crippen molar-refractivity contribution < 1.29 is 4.74 Å². The Balaban J connectivity index is 1.89. The second kappa shape index (κ2) is 4.97. The second-order valence-corrected chi connectivity index (χ2v) is 5.24. The summed E-state index contributed by atoms with van der Waals surface area (Å²) in [6.07, 6.45) is 0. The lowest BCUT2D eigenvalue weighted by Crippen LogP contribution is -2.16. The van der Waals surface area contributed by atoms with Gasteiger partial charge in [0, 0.05) is 17.1 Å². The van der Waals surface area contributed by atoms with Gasteiger partial charge in [0.15, 0.2) is 4.96 Å². The Morgan fingerprint density at radius 2 is 2.20 bits per heavy atom. The molecule has 102 valence electrons. The number of aryl methyl sites for hydroxylation is 1. The molecule has 0 amide bonds. The monoisotopic (exact) mass is 287 g/mol. The van der Waals surface area contributed by atoms with Crippen LogP contribution in [-0.2, 0) is 6.61 Å². The molecule has 2 heterocycles. The summed E-state index contributed by atoms with van der Waals surface area (Å²) >= 11 is 1.44. The van der Waals surface area contributed by atoms with Crippen molar-refractivity contribution in [3.8, 4) is 5.75 Å². The number of para-hydroxylation sites is 2. The van der Waals surface area contributed by atoms with E-state index in [1.54, 1.807) is 16.5 Å². The number of anilines is 1. The Kier molecular flexibility index (Phi) is 3.15. The summed E-state index contributed by atoms with van der Waals surface area (Å²) in [7, 11) is 0. The normalized spacial score (nSPS) is 10.8. The number of hydrogen-bond donors (Lipinski definition) is 1. The van der Waals surface area contributed by atoms with E-state index in [-0.39, 0.29) is 12.2 Å². The number of hydrogen-bond acceptors (Lipinski definition) is 5. The molecule has 0 aliphatic rings. The quantitative estimate of drug-likeness (QED) is 0.750. The molecule has 3 aromatic rings. The van der Waals surface area contributed by atoms with E-state index in [9.17, 15) is 4.79 Å². The number of rotatable bonds is 3. The predicted octanol–water partition coefficient (Wildman–Crippen LogP) is 2.23. The molecule has 3 rings (SSSR count). The highest BCUT2D eigenvalue weighted by Gasteiger charge is 2.07. The molecule has 0 aliphatic heterocycles. The molecule has 0 fully saturated rings. The molecule has 0 aliphatic carbocycles. The highest BCUT2D eigenvalue weighted by molar-refractivity contribution is 7.15. The Morgan fingerprint density at radius 1 is 1.40 bits per heavy atom. The molecule has 2 aromatic heterocycles. The van der Waals surface area contributed by atoms with Crippen LogP contribution in [0.15, 0.2) is 40.5 Å². The third-order valence-electron chi connectivity index (χ3n) is 2.92. The van der Waals surface area contributed by atoms with Crippen LogP contribution < -0.4 is 16.0 Å². The predicted molar refractivity (Wildman–Crippen MR) is 79.3 cm³/mol. The van der Waals surface area contributed by atoms with Crippen LogP contribution in [0, 0.1) is 6.92 Å². The summed E-state index contributed by atoms with van der Waals surface area (Å²) in [4.78, 5) is 17.1. The van der Waals surface area contributed by atoms with Crippen LogP contribution in [0.4, 0.5) is 5.69 Å². The van der Waals surface area contributed by atoms with E-state index in [0.29, 0.717) is 22.1 Å². The van der Waals surface area contributed by atoms with Crippen LogP contribution >= 0.6 is 11.3 Å². The minimum atomic E-state index is -0.0895. The molecule has 0 saturated heterocycles. The lowest BCUT2D eigenvalue weighted by atomic mass is 10.3. The molecule has 0 saturated carbocycles. The third-order valence-corrected chi connectivity index (χ3v) is 3.87. The molecule has 0 bridgehead atoms. The maximum absolute atomic E-state index is 12.0. The molecular weight excluding hydrogens is 274 g/mol. The Morgan fingerprint density at radius 3 is 3.00 bits per heavy atom. The molecule has 1 aromatic carbocycles. The van der Waals surface area contributed by atoms with E-state index in [0.717, 1.165) is 5.69 Å². The van der Waals surface area contributed by atoms with Crippen LogP contribution in [0.25, 0.3) is 4.96 Å².